The van der Waals surface area contributed by atoms with E-state index in [1.54, 1.807) is 6.20 Å². The van der Waals surface area contributed by atoms with E-state index in [0.717, 1.165) is 86.7 Å². The average molecular weight is 514 g/mol. The van der Waals surface area contributed by atoms with Crippen molar-refractivity contribution in [2.24, 2.45) is 5.92 Å². The van der Waals surface area contributed by atoms with Gasteiger partial charge < -0.3 is 25.0 Å². The smallest absolute Gasteiger partial charge is 0.242 e. The molecule has 2 saturated heterocycles. The monoisotopic (exact) mass is 513 g/mol. The van der Waals surface area contributed by atoms with Gasteiger partial charge in [0.05, 0.1) is 12.2 Å². The topological polar surface area (TPSA) is 88.6 Å². The minimum absolute atomic E-state index is 0.0629. The molecule has 6 rings (SSSR count). The van der Waals surface area contributed by atoms with Crippen molar-refractivity contribution in [2.45, 2.75) is 44.6 Å². The van der Waals surface area contributed by atoms with E-state index in [0.29, 0.717) is 25.0 Å². The number of carbonyl (C=O) groups excluding carboxylic acids is 1. The minimum Gasteiger partial charge on any atom is -0.492 e. The van der Waals surface area contributed by atoms with E-state index in [-0.39, 0.29) is 11.9 Å². The van der Waals surface area contributed by atoms with Gasteiger partial charge in [0.2, 0.25) is 11.9 Å². The van der Waals surface area contributed by atoms with Gasteiger partial charge in [-0.15, -0.1) is 0 Å². The molecule has 4 heterocycles. The second-order valence-corrected chi connectivity index (χ2v) is 10.3. The van der Waals surface area contributed by atoms with Gasteiger partial charge in [0.1, 0.15) is 18.4 Å². The predicted molar refractivity (Wildman–Crippen MR) is 148 cm³/mol. The largest absolute Gasteiger partial charge is 0.492 e. The summed E-state index contributed by atoms with van der Waals surface area (Å²) in [5, 5.41) is 6.53. The molecule has 0 unspecified atom stereocenters. The summed E-state index contributed by atoms with van der Waals surface area (Å²) in [6, 6.07) is 16.0. The average Bonchev–Trinajstić information content (AvgIpc) is 3.45. The Morgan fingerprint density at radius 2 is 1.95 bits per heavy atom. The Labute approximate surface area is 223 Å². The van der Waals surface area contributed by atoms with Crippen molar-refractivity contribution in [1.82, 2.24) is 15.3 Å². The van der Waals surface area contributed by atoms with Crippen LogP contribution >= 0.6 is 0 Å². The fraction of sp³-hybridized carbons (Fsp3) is 0.433. The highest BCUT2D eigenvalue weighted by Gasteiger charge is 2.32. The molecule has 3 aromatic rings. The molecule has 3 aliphatic rings. The number of nitrogens with zero attached hydrogens (tertiary/aromatic N) is 3. The van der Waals surface area contributed by atoms with Crippen molar-refractivity contribution in [3.05, 3.63) is 60.3 Å². The molecule has 1 aromatic heterocycles. The summed E-state index contributed by atoms with van der Waals surface area (Å²) < 4.78 is 11.5. The molecule has 0 radical (unpaired) electrons. The number of anilines is 3. The van der Waals surface area contributed by atoms with E-state index in [9.17, 15) is 4.79 Å². The number of fused-ring (bicyclic) bond motifs is 9. The second-order valence-electron chi connectivity index (χ2n) is 10.3. The highest BCUT2D eigenvalue weighted by molar-refractivity contribution is 5.86. The van der Waals surface area contributed by atoms with Crippen molar-refractivity contribution in [2.75, 3.05) is 43.1 Å². The lowest BCUT2D eigenvalue weighted by atomic mass is 9.92. The molecular formula is C30H35N5O3. The Hall–Kier alpha value is -3.65. The van der Waals surface area contributed by atoms with E-state index in [2.05, 4.69) is 38.7 Å². The third-order valence-corrected chi connectivity index (χ3v) is 7.82. The molecule has 0 aliphatic carbocycles. The Balaban J connectivity index is 1.34. The van der Waals surface area contributed by atoms with Crippen LogP contribution in [-0.2, 0) is 16.0 Å². The highest BCUT2D eigenvalue weighted by Crippen LogP contribution is 2.34. The van der Waals surface area contributed by atoms with Crippen LogP contribution in [0.25, 0.3) is 11.3 Å². The third kappa shape index (κ3) is 5.60. The number of amides is 1. The van der Waals surface area contributed by atoms with Crippen LogP contribution in [0.15, 0.2) is 54.7 Å². The van der Waals surface area contributed by atoms with Gasteiger partial charge in [0, 0.05) is 42.9 Å². The van der Waals surface area contributed by atoms with Gasteiger partial charge in [-0.05, 0) is 80.3 Å². The molecule has 0 saturated carbocycles. The van der Waals surface area contributed by atoms with E-state index in [4.69, 9.17) is 14.5 Å². The molecule has 2 N–H and O–H groups in total. The van der Waals surface area contributed by atoms with Gasteiger partial charge in [0.25, 0.3) is 0 Å². The van der Waals surface area contributed by atoms with Crippen molar-refractivity contribution in [3.8, 4) is 17.0 Å². The summed E-state index contributed by atoms with van der Waals surface area (Å²) in [5.74, 6) is 2.04. The number of ether oxygens (including phenoxy) is 2. The summed E-state index contributed by atoms with van der Waals surface area (Å²) in [6.07, 6.45) is 7.98. The van der Waals surface area contributed by atoms with E-state index < -0.39 is 0 Å². The number of nitrogens with one attached hydrogen (secondary N) is 2. The van der Waals surface area contributed by atoms with Gasteiger partial charge in [-0.3, -0.25) is 4.79 Å². The molecule has 38 heavy (non-hydrogen) atoms. The van der Waals surface area contributed by atoms with Crippen LogP contribution in [0.3, 0.4) is 0 Å². The Kier molecular flexibility index (Phi) is 7.40. The van der Waals surface area contributed by atoms with Gasteiger partial charge in [-0.2, -0.15) is 0 Å². The zero-order valence-corrected chi connectivity index (χ0v) is 21.7. The second kappa shape index (κ2) is 11.4. The van der Waals surface area contributed by atoms with Crippen molar-refractivity contribution in [3.63, 3.8) is 0 Å². The molecule has 0 spiro atoms. The van der Waals surface area contributed by atoms with E-state index in [1.165, 1.54) is 5.56 Å². The molecule has 8 heteroatoms. The van der Waals surface area contributed by atoms with Crippen LogP contribution in [0, 0.1) is 5.92 Å². The standard InChI is InChI=1S/C30H35N5O3/c36-29-27-5-2-15-35(27)28-20-24(9-8-22(28)7-6-21-11-16-37-17-12-21)33-30-32-13-10-26(34-30)23-3-1-4-25(19-23)38-18-14-31-29/h1,3-4,8-10,13,19-21,27H,2,5-7,11-12,14-18H2,(H,31,36)(H,32,33,34)/t27-/m0/s1. The molecular weight excluding hydrogens is 478 g/mol. The number of hydrogen-bond donors (Lipinski definition) is 2. The minimum atomic E-state index is -0.189. The first kappa shape index (κ1) is 24.7. The molecule has 2 fully saturated rings. The van der Waals surface area contributed by atoms with Crippen molar-refractivity contribution in [1.29, 1.82) is 0 Å². The zero-order valence-electron chi connectivity index (χ0n) is 21.7. The van der Waals surface area contributed by atoms with Crippen molar-refractivity contribution >= 4 is 23.2 Å². The third-order valence-electron chi connectivity index (χ3n) is 7.82. The quantitative estimate of drug-likeness (QED) is 0.524. The summed E-state index contributed by atoms with van der Waals surface area (Å²) >= 11 is 0. The number of hydrogen-bond acceptors (Lipinski definition) is 7. The Bertz CT molecular complexity index is 1280. The van der Waals surface area contributed by atoms with Crippen LogP contribution in [0.5, 0.6) is 5.75 Å². The fourth-order valence-electron chi connectivity index (χ4n) is 5.76. The van der Waals surface area contributed by atoms with Gasteiger partial charge >= 0.3 is 0 Å². The Morgan fingerprint density at radius 3 is 2.87 bits per heavy atom. The summed E-state index contributed by atoms with van der Waals surface area (Å²) in [4.78, 5) is 24.8. The van der Waals surface area contributed by atoms with Gasteiger partial charge in [0.15, 0.2) is 0 Å². The molecule has 6 bridgehead atoms. The van der Waals surface area contributed by atoms with E-state index >= 15 is 0 Å². The van der Waals surface area contributed by atoms with Crippen LogP contribution < -0.4 is 20.3 Å². The summed E-state index contributed by atoms with van der Waals surface area (Å²) in [7, 11) is 0. The maximum absolute atomic E-state index is 13.3. The number of rotatable bonds is 3. The fourth-order valence-corrected chi connectivity index (χ4v) is 5.76. The van der Waals surface area contributed by atoms with Crippen LogP contribution in [0.4, 0.5) is 17.3 Å². The van der Waals surface area contributed by atoms with Crippen LogP contribution in [0.1, 0.15) is 37.7 Å². The number of aromatic nitrogens is 2. The first-order valence-electron chi connectivity index (χ1n) is 13.8. The summed E-state index contributed by atoms with van der Waals surface area (Å²) in [6.45, 7) is 3.46. The maximum atomic E-state index is 13.3. The first-order chi connectivity index (χ1) is 18.7. The maximum Gasteiger partial charge on any atom is 0.242 e. The number of benzene rings is 2. The normalized spacial score (nSPS) is 20.1. The lowest BCUT2D eigenvalue weighted by molar-refractivity contribution is -0.122. The van der Waals surface area contributed by atoms with Gasteiger partial charge in [-0.1, -0.05) is 18.2 Å². The molecule has 198 valence electrons. The van der Waals surface area contributed by atoms with E-state index in [1.807, 2.05) is 30.3 Å². The lowest BCUT2D eigenvalue weighted by Crippen LogP contribution is -2.44. The summed E-state index contributed by atoms with van der Waals surface area (Å²) in [5.41, 5.74) is 5.10. The highest BCUT2D eigenvalue weighted by atomic mass is 16.5. The van der Waals surface area contributed by atoms with Crippen LogP contribution in [0.2, 0.25) is 0 Å². The SMILES string of the molecule is O=C1NCCOc2cccc(c2)-c2ccnc(n2)Nc2ccc(CCC3CCOCC3)c(c2)N2CCC[C@@H]12. The zero-order chi connectivity index (χ0) is 25.7. The molecule has 8 nitrogen and oxygen atoms in total. The Morgan fingerprint density at radius 1 is 1.03 bits per heavy atom. The molecule has 2 aromatic carbocycles. The first-order valence-corrected chi connectivity index (χ1v) is 13.8. The molecule has 1 amide bonds. The van der Waals surface area contributed by atoms with Gasteiger partial charge in [-0.25, -0.2) is 9.97 Å². The van der Waals surface area contributed by atoms with Crippen LogP contribution in [-0.4, -0.2) is 54.8 Å². The molecule has 1 atom stereocenters. The molecule has 3 aliphatic heterocycles. The number of aryl methyl sites for hydroxylation is 1. The number of carbonyl (C=O) groups is 1. The van der Waals surface area contributed by atoms with Crippen molar-refractivity contribution < 1.29 is 14.3 Å². The predicted octanol–water partition coefficient (Wildman–Crippen LogP) is 4.72. The lowest BCUT2D eigenvalue weighted by Gasteiger charge is -2.29.